The summed E-state index contributed by atoms with van der Waals surface area (Å²) < 4.78 is 6.92. The van der Waals surface area contributed by atoms with Gasteiger partial charge in [0.05, 0.1) is 0 Å². The number of rotatable bonds is 7. The molecule has 0 aliphatic heterocycles. The molecule has 45 heavy (non-hydrogen) atoms. The van der Waals surface area contributed by atoms with Gasteiger partial charge in [-0.3, -0.25) is 0 Å². The fourth-order valence-corrected chi connectivity index (χ4v) is 12.2. The Kier molecular flexibility index (Phi) is 8.30. The van der Waals surface area contributed by atoms with E-state index in [0.717, 1.165) is 17.1 Å². The van der Waals surface area contributed by atoms with E-state index < -0.39 is 0 Å². The molecular weight excluding hydrogens is 563 g/mol. The number of hydrogen-bond donors (Lipinski definition) is 0. The van der Waals surface area contributed by atoms with Crippen LogP contribution in [0.15, 0.2) is 115 Å². The molecule has 2 saturated carbocycles. The molecule has 6 aromatic carbocycles. The van der Waals surface area contributed by atoms with E-state index in [-0.39, 0.29) is 7.92 Å². The van der Waals surface area contributed by atoms with Crippen molar-refractivity contribution in [2.24, 2.45) is 0 Å². The van der Waals surface area contributed by atoms with E-state index in [0.29, 0.717) is 6.61 Å². The van der Waals surface area contributed by atoms with Crippen LogP contribution in [0.1, 0.15) is 69.8 Å². The molecule has 0 atom stereocenters. The molecular formula is C43H43OP. The summed E-state index contributed by atoms with van der Waals surface area (Å²) in [7, 11) is -0.306. The molecule has 2 aliphatic rings. The lowest BCUT2D eigenvalue weighted by Crippen LogP contribution is -2.27. The summed E-state index contributed by atoms with van der Waals surface area (Å²) in [5.74, 6) is 1.00. The largest absolute Gasteiger partial charge is 0.488 e. The zero-order chi connectivity index (χ0) is 30.0. The Morgan fingerprint density at radius 2 is 1.02 bits per heavy atom. The molecule has 0 N–H and O–H groups in total. The van der Waals surface area contributed by atoms with Crippen molar-refractivity contribution in [3.05, 3.63) is 121 Å². The minimum absolute atomic E-state index is 0.306. The van der Waals surface area contributed by atoms with E-state index in [9.17, 15) is 0 Å². The van der Waals surface area contributed by atoms with Crippen molar-refractivity contribution in [3.8, 4) is 16.9 Å². The standard InChI is InChI=1S/C43H43OP/c1-3-17-36(18-4-1)45(37-19-5-2-6-20-37)41-28-26-34-15-10-12-22-39(34)43(41)42-38-21-11-9-14-33(38)25-27-40(42)44-30-31-23-24-32-13-7-8-16-35(32)29-31/h7-16,21-29,36-37H,1-6,17-20,30H2. The Labute approximate surface area is 269 Å². The van der Waals surface area contributed by atoms with Crippen molar-refractivity contribution in [3.63, 3.8) is 0 Å². The van der Waals surface area contributed by atoms with Gasteiger partial charge < -0.3 is 4.74 Å². The van der Waals surface area contributed by atoms with Gasteiger partial charge in [0.15, 0.2) is 0 Å². The van der Waals surface area contributed by atoms with Crippen LogP contribution in [0.25, 0.3) is 43.4 Å². The predicted molar refractivity (Wildman–Crippen MR) is 195 cm³/mol. The summed E-state index contributed by atoms with van der Waals surface area (Å²) in [5.41, 5.74) is 5.60. The molecule has 0 unspecified atom stereocenters. The van der Waals surface area contributed by atoms with E-state index in [4.69, 9.17) is 4.74 Å². The Hall–Kier alpha value is -3.67. The molecule has 2 fully saturated rings. The van der Waals surface area contributed by atoms with Crippen LogP contribution in [0.2, 0.25) is 0 Å². The van der Waals surface area contributed by atoms with Crippen LogP contribution >= 0.6 is 7.92 Å². The summed E-state index contributed by atoms with van der Waals surface area (Å²) >= 11 is 0. The Morgan fingerprint density at radius 3 is 1.69 bits per heavy atom. The maximum atomic E-state index is 6.92. The second kappa shape index (κ2) is 13.0. The maximum absolute atomic E-state index is 6.92. The van der Waals surface area contributed by atoms with Crippen molar-refractivity contribution >= 4 is 45.5 Å². The van der Waals surface area contributed by atoms with Crippen LogP contribution in [0.3, 0.4) is 0 Å². The highest BCUT2D eigenvalue weighted by Gasteiger charge is 2.35. The van der Waals surface area contributed by atoms with Crippen LogP contribution < -0.4 is 10.0 Å². The van der Waals surface area contributed by atoms with Crippen LogP contribution in [0, 0.1) is 0 Å². The molecule has 226 valence electrons. The van der Waals surface area contributed by atoms with E-state index >= 15 is 0 Å². The zero-order valence-electron chi connectivity index (χ0n) is 26.3. The molecule has 2 heteroatoms. The van der Waals surface area contributed by atoms with Crippen molar-refractivity contribution in [1.29, 1.82) is 0 Å². The SMILES string of the molecule is c1ccc2cc(COc3ccc4ccccc4c3-c3c(P(C4CCCCC4)C4CCCCC4)ccc4ccccc34)ccc2c1. The molecule has 1 nitrogen and oxygen atoms in total. The van der Waals surface area contributed by atoms with E-state index in [1.54, 1.807) is 5.30 Å². The van der Waals surface area contributed by atoms with Crippen molar-refractivity contribution < 1.29 is 4.74 Å². The maximum Gasteiger partial charge on any atom is 0.128 e. The normalized spacial score (nSPS) is 16.6. The van der Waals surface area contributed by atoms with Crippen LogP contribution in [-0.4, -0.2) is 11.3 Å². The molecule has 0 aromatic heterocycles. The molecule has 0 amide bonds. The van der Waals surface area contributed by atoms with Crippen LogP contribution in [0.4, 0.5) is 0 Å². The highest BCUT2D eigenvalue weighted by Crippen LogP contribution is 2.57. The van der Waals surface area contributed by atoms with Gasteiger partial charge >= 0.3 is 0 Å². The van der Waals surface area contributed by atoms with Gasteiger partial charge in [-0.05, 0) is 92.3 Å². The van der Waals surface area contributed by atoms with Gasteiger partial charge in [0.1, 0.15) is 12.4 Å². The first-order chi connectivity index (χ1) is 22.3. The number of hydrogen-bond acceptors (Lipinski definition) is 1. The van der Waals surface area contributed by atoms with Gasteiger partial charge in [-0.25, -0.2) is 0 Å². The summed E-state index contributed by atoms with van der Waals surface area (Å²) in [5, 5.41) is 9.45. The lowest BCUT2D eigenvalue weighted by Gasteiger charge is -2.40. The highest BCUT2D eigenvalue weighted by atomic mass is 31.1. The van der Waals surface area contributed by atoms with Gasteiger partial charge in [0, 0.05) is 11.1 Å². The molecule has 2 aliphatic carbocycles. The molecule has 0 saturated heterocycles. The van der Waals surface area contributed by atoms with Gasteiger partial charge in [0.2, 0.25) is 0 Å². The highest BCUT2D eigenvalue weighted by molar-refractivity contribution is 7.67. The number of benzene rings is 6. The van der Waals surface area contributed by atoms with Crippen molar-refractivity contribution in [2.45, 2.75) is 82.1 Å². The fraction of sp³-hybridized carbons (Fsp3) is 0.302. The van der Waals surface area contributed by atoms with Crippen molar-refractivity contribution in [1.82, 2.24) is 0 Å². The average Bonchev–Trinajstić information content (AvgIpc) is 3.11. The van der Waals surface area contributed by atoms with Gasteiger partial charge in [-0.2, -0.15) is 0 Å². The Bertz CT molecular complexity index is 1930. The van der Waals surface area contributed by atoms with Crippen LogP contribution in [-0.2, 0) is 6.61 Å². The van der Waals surface area contributed by atoms with Crippen LogP contribution in [0.5, 0.6) is 5.75 Å². The third kappa shape index (κ3) is 5.77. The first kappa shape index (κ1) is 28.8. The molecule has 0 bridgehead atoms. The average molecular weight is 607 g/mol. The van der Waals surface area contributed by atoms with E-state index in [1.165, 1.54) is 113 Å². The van der Waals surface area contributed by atoms with Gasteiger partial charge in [-0.15, -0.1) is 0 Å². The van der Waals surface area contributed by atoms with E-state index in [1.807, 2.05) is 0 Å². The summed E-state index contributed by atoms with van der Waals surface area (Å²) in [4.78, 5) is 0. The Morgan fingerprint density at radius 1 is 0.489 bits per heavy atom. The second-order valence-electron chi connectivity index (χ2n) is 13.3. The molecule has 0 spiro atoms. The predicted octanol–water partition coefficient (Wildman–Crippen LogP) is 12.2. The van der Waals surface area contributed by atoms with E-state index in [2.05, 4.69) is 115 Å². The lowest BCUT2D eigenvalue weighted by atomic mass is 9.93. The summed E-state index contributed by atoms with van der Waals surface area (Å²) in [6, 6.07) is 42.9. The monoisotopic (exact) mass is 606 g/mol. The fourth-order valence-electron chi connectivity index (χ4n) is 8.27. The molecule has 6 aromatic rings. The molecule has 0 radical (unpaired) electrons. The summed E-state index contributed by atoms with van der Waals surface area (Å²) in [6.45, 7) is 0.552. The number of fused-ring (bicyclic) bond motifs is 3. The van der Waals surface area contributed by atoms with Crippen molar-refractivity contribution in [2.75, 3.05) is 0 Å². The topological polar surface area (TPSA) is 9.23 Å². The lowest BCUT2D eigenvalue weighted by molar-refractivity contribution is 0.308. The quantitative estimate of drug-likeness (QED) is 0.164. The van der Waals surface area contributed by atoms with Gasteiger partial charge in [-0.1, -0.05) is 150 Å². The van der Waals surface area contributed by atoms with Gasteiger partial charge in [0.25, 0.3) is 0 Å². The summed E-state index contributed by atoms with van der Waals surface area (Å²) in [6.07, 6.45) is 14.0. The molecule has 0 heterocycles. The minimum atomic E-state index is -0.306. The second-order valence-corrected chi connectivity index (χ2v) is 16.1. The Balaban J connectivity index is 1.32. The first-order valence-corrected chi connectivity index (χ1v) is 18.7. The smallest absolute Gasteiger partial charge is 0.128 e. The zero-order valence-corrected chi connectivity index (χ0v) is 27.2. The third-order valence-corrected chi connectivity index (χ3v) is 14.0. The first-order valence-electron chi connectivity index (χ1n) is 17.3. The molecule has 8 rings (SSSR count). The third-order valence-electron chi connectivity index (χ3n) is 10.5. The number of ether oxygens (including phenoxy) is 1. The minimum Gasteiger partial charge on any atom is -0.488 e.